The first-order valence-corrected chi connectivity index (χ1v) is 6.81. The molecule has 3 nitrogen and oxygen atoms in total. The van der Waals surface area contributed by atoms with Crippen LogP contribution in [-0.2, 0) is 4.79 Å². The predicted molar refractivity (Wildman–Crippen MR) is 75.4 cm³/mol. The van der Waals surface area contributed by atoms with Gasteiger partial charge in [-0.3, -0.25) is 4.79 Å². The van der Waals surface area contributed by atoms with Crippen LogP contribution in [0.15, 0.2) is 18.2 Å². The average molecular weight is 246 g/mol. The van der Waals surface area contributed by atoms with E-state index < -0.39 is 0 Å². The number of rotatable bonds is 4. The predicted octanol–water partition coefficient (Wildman–Crippen LogP) is 3.49. The highest BCUT2D eigenvalue weighted by Gasteiger charge is 2.16. The van der Waals surface area contributed by atoms with Gasteiger partial charge in [0.1, 0.15) is 0 Å². The van der Waals surface area contributed by atoms with Gasteiger partial charge in [-0.2, -0.15) is 0 Å². The third-order valence-electron chi connectivity index (χ3n) is 3.79. The zero-order valence-corrected chi connectivity index (χ0v) is 11.0. The van der Waals surface area contributed by atoms with Gasteiger partial charge in [0.05, 0.1) is 0 Å². The van der Waals surface area contributed by atoms with Gasteiger partial charge in [-0.25, -0.2) is 0 Å². The molecule has 3 N–H and O–H groups in total. The molecule has 0 bridgehead atoms. The van der Waals surface area contributed by atoms with E-state index in [0.717, 1.165) is 23.6 Å². The van der Waals surface area contributed by atoms with Crippen LogP contribution in [-0.4, -0.2) is 5.91 Å². The molecular weight excluding hydrogens is 224 g/mol. The van der Waals surface area contributed by atoms with Crippen LogP contribution in [0.2, 0.25) is 0 Å². The quantitative estimate of drug-likeness (QED) is 0.799. The molecule has 1 fully saturated rings. The minimum atomic E-state index is 0.107. The van der Waals surface area contributed by atoms with Crippen LogP contribution in [0.25, 0.3) is 0 Å². The van der Waals surface area contributed by atoms with Gasteiger partial charge in [-0.15, -0.1) is 0 Å². The molecule has 0 aliphatic heterocycles. The van der Waals surface area contributed by atoms with Gasteiger partial charge in [0.2, 0.25) is 5.91 Å². The molecule has 18 heavy (non-hydrogen) atoms. The molecule has 0 unspecified atom stereocenters. The summed E-state index contributed by atoms with van der Waals surface area (Å²) >= 11 is 0. The molecule has 1 aromatic carbocycles. The SMILES string of the molecule is Cc1ccc(N)cc1NC(=O)CCC1CCCC1. The highest BCUT2D eigenvalue weighted by molar-refractivity contribution is 5.92. The second-order valence-corrected chi connectivity index (χ2v) is 5.31. The Balaban J connectivity index is 1.84. The maximum absolute atomic E-state index is 11.9. The van der Waals surface area contributed by atoms with E-state index in [4.69, 9.17) is 5.73 Å². The van der Waals surface area contributed by atoms with E-state index >= 15 is 0 Å². The summed E-state index contributed by atoms with van der Waals surface area (Å²) in [5.74, 6) is 0.869. The summed E-state index contributed by atoms with van der Waals surface area (Å²) in [5.41, 5.74) is 8.31. The summed E-state index contributed by atoms with van der Waals surface area (Å²) in [5, 5.41) is 2.96. The number of nitrogens with one attached hydrogen (secondary N) is 1. The van der Waals surface area contributed by atoms with Crippen LogP contribution < -0.4 is 11.1 Å². The Morgan fingerprint density at radius 1 is 1.39 bits per heavy atom. The molecule has 3 heteroatoms. The lowest BCUT2D eigenvalue weighted by molar-refractivity contribution is -0.116. The number of carbonyl (C=O) groups excluding carboxylic acids is 1. The summed E-state index contributed by atoms with van der Waals surface area (Å²) < 4.78 is 0. The summed E-state index contributed by atoms with van der Waals surface area (Å²) in [6, 6.07) is 5.61. The van der Waals surface area contributed by atoms with Gasteiger partial charge in [0, 0.05) is 17.8 Å². The largest absolute Gasteiger partial charge is 0.399 e. The first-order valence-electron chi connectivity index (χ1n) is 6.81. The molecule has 0 heterocycles. The normalized spacial score (nSPS) is 15.8. The van der Waals surface area contributed by atoms with Gasteiger partial charge in [0.15, 0.2) is 0 Å². The van der Waals surface area contributed by atoms with Crippen molar-refractivity contribution in [2.24, 2.45) is 5.92 Å². The van der Waals surface area contributed by atoms with Crippen LogP contribution in [0.1, 0.15) is 44.1 Å². The average Bonchev–Trinajstić information content (AvgIpc) is 2.84. The maximum Gasteiger partial charge on any atom is 0.224 e. The number of hydrogen-bond donors (Lipinski definition) is 2. The highest BCUT2D eigenvalue weighted by Crippen LogP contribution is 2.28. The molecule has 0 atom stereocenters. The van der Waals surface area contributed by atoms with Crippen LogP contribution in [0.4, 0.5) is 11.4 Å². The molecule has 1 aliphatic rings. The second kappa shape index (κ2) is 5.89. The van der Waals surface area contributed by atoms with Crippen LogP contribution in [0.3, 0.4) is 0 Å². The number of anilines is 2. The molecule has 1 aliphatic carbocycles. The third-order valence-corrected chi connectivity index (χ3v) is 3.79. The minimum absolute atomic E-state index is 0.107. The first kappa shape index (κ1) is 12.9. The second-order valence-electron chi connectivity index (χ2n) is 5.31. The summed E-state index contributed by atoms with van der Waals surface area (Å²) in [6.07, 6.45) is 6.91. The fraction of sp³-hybridized carbons (Fsp3) is 0.533. The van der Waals surface area contributed by atoms with Gasteiger partial charge in [0.25, 0.3) is 0 Å². The maximum atomic E-state index is 11.9. The number of aryl methyl sites for hydroxylation is 1. The molecule has 0 aromatic heterocycles. The van der Waals surface area contributed by atoms with Crippen molar-refractivity contribution in [1.82, 2.24) is 0 Å². The van der Waals surface area contributed by atoms with Crippen molar-refractivity contribution in [1.29, 1.82) is 0 Å². The third kappa shape index (κ3) is 3.49. The Hall–Kier alpha value is -1.51. The lowest BCUT2D eigenvalue weighted by Gasteiger charge is -2.11. The number of hydrogen-bond acceptors (Lipinski definition) is 2. The van der Waals surface area contributed by atoms with E-state index in [-0.39, 0.29) is 5.91 Å². The van der Waals surface area contributed by atoms with Crippen molar-refractivity contribution in [3.05, 3.63) is 23.8 Å². The van der Waals surface area contributed by atoms with E-state index in [1.165, 1.54) is 25.7 Å². The molecule has 2 rings (SSSR count). The standard InChI is InChI=1S/C15H22N2O/c1-11-6-8-13(16)10-14(11)17-15(18)9-7-12-4-2-3-5-12/h6,8,10,12H,2-5,7,9,16H2,1H3,(H,17,18). The van der Waals surface area contributed by atoms with Crippen LogP contribution in [0.5, 0.6) is 0 Å². The van der Waals surface area contributed by atoms with Crippen LogP contribution >= 0.6 is 0 Å². The number of carbonyl (C=O) groups is 1. The Bertz CT molecular complexity index is 423. The minimum Gasteiger partial charge on any atom is -0.399 e. The molecular formula is C15H22N2O. The molecule has 1 aromatic rings. The summed E-state index contributed by atoms with van der Waals surface area (Å²) in [6.45, 7) is 1.98. The Labute approximate surface area is 109 Å². The highest BCUT2D eigenvalue weighted by atomic mass is 16.1. The zero-order chi connectivity index (χ0) is 13.0. The van der Waals surface area contributed by atoms with Gasteiger partial charge in [-0.05, 0) is 37.0 Å². The van der Waals surface area contributed by atoms with Crippen molar-refractivity contribution in [2.75, 3.05) is 11.1 Å². The van der Waals surface area contributed by atoms with Gasteiger partial charge in [-0.1, -0.05) is 31.7 Å². The van der Waals surface area contributed by atoms with E-state index in [9.17, 15) is 4.79 Å². The molecule has 0 saturated heterocycles. The molecule has 1 saturated carbocycles. The van der Waals surface area contributed by atoms with E-state index in [1.54, 1.807) is 0 Å². The Kier molecular flexibility index (Phi) is 4.24. The molecule has 0 radical (unpaired) electrons. The Morgan fingerprint density at radius 2 is 2.11 bits per heavy atom. The summed E-state index contributed by atoms with van der Waals surface area (Å²) in [7, 11) is 0. The van der Waals surface area contributed by atoms with Crippen molar-refractivity contribution < 1.29 is 4.79 Å². The smallest absolute Gasteiger partial charge is 0.224 e. The van der Waals surface area contributed by atoms with Crippen molar-refractivity contribution in [2.45, 2.75) is 45.4 Å². The van der Waals surface area contributed by atoms with Gasteiger partial charge < -0.3 is 11.1 Å². The molecule has 1 amide bonds. The number of benzene rings is 1. The van der Waals surface area contributed by atoms with Crippen molar-refractivity contribution in [3.8, 4) is 0 Å². The molecule has 98 valence electrons. The van der Waals surface area contributed by atoms with Crippen LogP contribution in [0, 0.1) is 12.8 Å². The fourth-order valence-corrected chi connectivity index (χ4v) is 2.62. The van der Waals surface area contributed by atoms with Crippen molar-refractivity contribution in [3.63, 3.8) is 0 Å². The van der Waals surface area contributed by atoms with Gasteiger partial charge >= 0.3 is 0 Å². The summed E-state index contributed by atoms with van der Waals surface area (Å²) in [4.78, 5) is 11.9. The monoisotopic (exact) mass is 246 g/mol. The van der Waals surface area contributed by atoms with Crippen molar-refractivity contribution >= 4 is 17.3 Å². The first-order chi connectivity index (χ1) is 8.65. The van der Waals surface area contributed by atoms with E-state index in [2.05, 4.69) is 5.32 Å². The number of nitrogens with two attached hydrogens (primary N) is 1. The molecule has 0 spiro atoms. The topological polar surface area (TPSA) is 55.1 Å². The lowest BCUT2D eigenvalue weighted by Crippen LogP contribution is -2.13. The Morgan fingerprint density at radius 3 is 2.83 bits per heavy atom. The number of nitrogen functional groups attached to an aromatic ring is 1. The van der Waals surface area contributed by atoms with E-state index in [1.807, 2.05) is 25.1 Å². The lowest BCUT2D eigenvalue weighted by atomic mass is 10.0. The fourth-order valence-electron chi connectivity index (χ4n) is 2.62. The zero-order valence-electron chi connectivity index (χ0n) is 11.0. The number of amides is 1. The van der Waals surface area contributed by atoms with E-state index in [0.29, 0.717) is 12.1 Å².